The van der Waals surface area contributed by atoms with Gasteiger partial charge in [-0.1, -0.05) is 6.92 Å². The Bertz CT molecular complexity index is 101. The van der Waals surface area contributed by atoms with Gasteiger partial charge in [-0.3, -0.25) is 0 Å². The van der Waals surface area contributed by atoms with Crippen LogP contribution in [0.4, 0.5) is 0 Å². The molecule has 0 saturated heterocycles. The molecule has 0 aromatic rings. The van der Waals surface area contributed by atoms with Crippen molar-refractivity contribution in [3.8, 4) is 0 Å². The summed E-state index contributed by atoms with van der Waals surface area (Å²) in [6, 6.07) is 0. The van der Waals surface area contributed by atoms with Crippen molar-refractivity contribution in [1.29, 1.82) is 0 Å². The Balaban J connectivity index is 3.80. The van der Waals surface area contributed by atoms with E-state index in [0.29, 0.717) is 13.2 Å². The summed E-state index contributed by atoms with van der Waals surface area (Å²) in [5.41, 5.74) is -0.0422. The van der Waals surface area contributed by atoms with Crippen molar-refractivity contribution in [2.24, 2.45) is 0 Å². The third kappa shape index (κ3) is 4.70. The van der Waals surface area contributed by atoms with Crippen LogP contribution in [0.15, 0.2) is 0 Å². The SMILES string of the molecule is CCCNC(C)(COC)COC. The minimum absolute atomic E-state index is 0.0422. The Morgan fingerprint density at radius 2 is 1.67 bits per heavy atom. The third-order valence-corrected chi connectivity index (χ3v) is 1.73. The van der Waals surface area contributed by atoms with E-state index in [2.05, 4.69) is 19.2 Å². The highest BCUT2D eigenvalue weighted by atomic mass is 16.5. The van der Waals surface area contributed by atoms with E-state index < -0.39 is 0 Å². The molecule has 12 heavy (non-hydrogen) atoms. The lowest BCUT2D eigenvalue weighted by atomic mass is 10.1. The van der Waals surface area contributed by atoms with E-state index in [0.717, 1.165) is 13.0 Å². The topological polar surface area (TPSA) is 30.5 Å². The van der Waals surface area contributed by atoms with E-state index in [1.54, 1.807) is 14.2 Å². The Morgan fingerprint density at radius 3 is 2.00 bits per heavy atom. The molecule has 3 heteroatoms. The fraction of sp³-hybridized carbons (Fsp3) is 1.00. The van der Waals surface area contributed by atoms with Crippen LogP contribution in [0.3, 0.4) is 0 Å². The van der Waals surface area contributed by atoms with E-state index in [1.165, 1.54) is 0 Å². The molecule has 0 radical (unpaired) electrons. The standard InChI is InChI=1S/C9H21NO2/c1-5-6-10-9(2,7-11-3)8-12-4/h10H,5-8H2,1-4H3. The van der Waals surface area contributed by atoms with E-state index in [4.69, 9.17) is 9.47 Å². The van der Waals surface area contributed by atoms with Crippen molar-refractivity contribution in [3.05, 3.63) is 0 Å². The summed E-state index contributed by atoms with van der Waals surface area (Å²) in [6.07, 6.45) is 1.13. The van der Waals surface area contributed by atoms with Gasteiger partial charge in [0.1, 0.15) is 0 Å². The predicted molar refractivity (Wildman–Crippen MR) is 50.5 cm³/mol. The first-order valence-electron chi connectivity index (χ1n) is 4.41. The van der Waals surface area contributed by atoms with Crippen molar-refractivity contribution in [1.82, 2.24) is 5.32 Å². The zero-order chi connectivity index (χ0) is 9.45. The second-order valence-electron chi connectivity index (χ2n) is 3.35. The fourth-order valence-corrected chi connectivity index (χ4v) is 1.21. The van der Waals surface area contributed by atoms with Crippen LogP contribution < -0.4 is 5.32 Å². The van der Waals surface area contributed by atoms with Gasteiger partial charge in [0.2, 0.25) is 0 Å². The maximum absolute atomic E-state index is 5.11. The number of methoxy groups -OCH3 is 2. The molecular weight excluding hydrogens is 154 g/mol. The number of hydrogen-bond acceptors (Lipinski definition) is 3. The van der Waals surface area contributed by atoms with Gasteiger partial charge < -0.3 is 14.8 Å². The number of hydrogen-bond donors (Lipinski definition) is 1. The molecule has 0 bridgehead atoms. The van der Waals surface area contributed by atoms with Crippen molar-refractivity contribution in [2.75, 3.05) is 34.0 Å². The molecule has 0 aliphatic heterocycles. The van der Waals surface area contributed by atoms with E-state index in [-0.39, 0.29) is 5.54 Å². The number of nitrogens with one attached hydrogen (secondary N) is 1. The van der Waals surface area contributed by atoms with Gasteiger partial charge in [-0.05, 0) is 19.9 Å². The first-order valence-corrected chi connectivity index (χ1v) is 4.41. The quantitative estimate of drug-likeness (QED) is 0.627. The highest BCUT2D eigenvalue weighted by molar-refractivity contribution is 4.82. The maximum atomic E-state index is 5.11. The van der Waals surface area contributed by atoms with Gasteiger partial charge in [-0.15, -0.1) is 0 Å². The van der Waals surface area contributed by atoms with E-state index in [9.17, 15) is 0 Å². The van der Waals surface area contributed by atoms with Crippen LogP contribution in [0.5, 0.6) is 0 Å². The summed E-state index contributed by atoms with van der Waals surface area (Å²) in [5.74, 6) is 0. The fourth-order valence-electron chi connectivity index (χ4n) is 1.21. The molecule has 0 saturated carbocycles. The maximum Gasteiger partial charge on any atom is 0.0664 e. The van der Waals surface area contributed by atoms with Crippen LogP contribution in [0.2, 0.25) is 0 Å². The van der Waals surface area contributed by atoms with Gasteiger partial charge in [-0.25, -0.2) is 0 Å². The molecule has 0 atom stereocenters. The summed E-state index contributed by atoms with van der Waals surface area (Å²) in [4.78, 5) is 0. The van der Waals surface area contributed by atoms with Crippen LogP contribution >= 0.6 is 0 Å². The molecule has 0 fully saturated rings. The van der Waals surface area contributed by atoms with Gasteiger partial charge in [0.05, 0.1) is 18.8 Å². The summed E-state index contributed by atoms with van der Waals surface area (Å²) >= 11 is 0. The van der Waals surface area contributed by atoms with Gasteiger partial charge in [0.25, 0.3) is 0 Å². The van der Waals surface area contributed by atoms with E-state index >= 15 is 0 Å². The highest BCUT2D eigenvalue weighted by Crippen LogP contribution is 2.04. The third-order valence-electron chi connectivity index (χ3n) is 1.73. The van der Waals surface area contributed by atoms with Gasteiger partial charge >= 0.3 is 0 Å². The largest absolute Gasteiger partial charge is 0.383 e. The second kappa shape index (κ2) is 6.40. The predicted octanol–water partition coefficient (Wildman–Crippen LogP) is 1.04. The van der Waals surface area contributed by atoms with Crippen molar-refractivity contribution < 1.29 is 9.47 Å². The zero-order valence-corrected chi connectivity index (χ0v) is 8.64. The first-order chi connectivity index (χ1) is 5.68. The Labute approximate surface area is 75.4 Å². The lowest BCUT2D eigenvalue weighted by Gasteiger charge is -2.29. The molecule has 0 aliphatic rings. The highest BCUT2D eigenvalue weighted by Gasteiger charge is 2.22. The molecule has 0 amide bonds. The minimum atomic E-state index is -0.0422. The Morgan fingerprint density at radius 1 is 1.17 bits per heavy atom. The molecule has 0 rings (SSSR count). The van der Waals surface area contributed by atoms with Crippen LogP contribution in [0, 0.1) is 0 Å². The summed E-state index contributed by atoms with van der Waals surface area (Å²) in [5, 5.41) is 3.40. The lowest BCUT2D eigenvalue weighted by molar-refractivity contribution is 0.0520. The normalized spacial score (nSPS) is 12.0. The van der Waals surface area contributed by atoms with Crippen molar-refractivity contribution in [3.63, 3.8) is 0 Å². The average molecular weight is 175 g/mol. The molecule has 0 aromatic carbocycles. The Kier molecular flexibility index (Phi) is 6.34. The lowest BCUT2D eigenvalue weighted by Crippen LogP contribution is -2.50. The molecule has 3 nitrogen and oxygen atoms in total. The smallest absolute Gasteiger partial charge is 0.0664 e. The molecule has 74 valence electrons. The monoisotopic (exact) mass is 175 g/mol. The summed E-state index contributed by atoms with van der Waals surface area (Å²) in [7, 11) is 3.42. The van der Waals surface area contributed by atoms with Crippen molar-refractivity contribution >= 4 is 0 Å². The molecule has 0 unspecified atom stereocenters. The summed E-state index contributed by atoms with van der Waals surface area (Å²) in [6.45, 7) is 6.62. The van der Waals surface area contributed by atoms with E-state index in [1.807, 2.05) is 0 Å². The number of rotatable bonds is 7. The molecule has 0 heterocycles. The van der Waals surface area contributed by atoms with Crippen molar-refractivity contribution in [2.45, 2.75) is 25.8 Å². The number of ether oxygens (including phenoxy) is 2. The molecule has 0 spiro atoms. The van der Waals surface area contributed by atoms with Crippen LogP contribution in [-0.4, -0.2) is 39.5 Å². The zero-order valence-electron chi connectivity index (χ0n) is 8.64. The molecule has 1 N–H and O–H groups in total. The molecular formula is C9H21NO2. The second-order valence-corrected chi connectivity index (χ2v) is 3.35. The first kappa shape index (κ1) is 11.9. The van der Waals surface area contributed by atoms with Gasteiger partial charge in [0.15, 0.2) is 0 Å². The van der Waals surface area contributed by atoms with Crippen LogP contribution in [0.25, 0.3) is 0 Å². The van der Waals surface area contributed by atoms with Gasteiger partial charge in [0, 0.05) is 14.2 Å². The minimum Gasteiger partial charge on any atom is -0.383 e. The average Bonchev–Trinajstić information content (AvgIpc) is 2.02. The Hall–Kier alpha value is -0.120. The van der Waals surface area contributed by atoms with Crippen LogP contribution in [0.1, 0.15) is 20.3 Å². The molecule has 0 aliphatic carbocycles. The van der Waals surface area contributed by atoms with Crippen LogP contribution in [-0.2, 0) is 9.47 Å². The van der Waals surface area contributed by atoms with Gasteiger partial charge in [-0.2, -0.15) is 0 Å². The molecule has 0 aromatic heterocycles. The summed E-state index contributed by atoms with van der Waals surface area (Å²) < 4.78 is 10.2.